The smallest absolute Gasteiger partial charge is 0.319 e. The number of aliphatic hydroxyl groups excluding tert-OH is 1. The van der Waals surface area contributed by atoms with Gasteiger partial charge in [-0.05, 0) is 19.8 Å². The SMILES string of the molecule is CCC(C)(CCO)NC(=O)Nc1cnn(C)c1. The number of nitrogens with zero attached hydrogens (tertiary/aromatic N) is 2. The van der Waals surface area contributed by atoms with Gasteiger partial charge in [-0.15, -0.1) is 0 Å². The summed E-state index contributed by atoms with van der Waals surface area (Å²) in [6, 6.07) is -0.282. The normalized spacial score (nSPS) is 14.1. The lowest BCUT2D eigenvalue weighted by atomic mass is 9.95. The van der Waals surface area contributed by atoms with E-state index in [4.69, 9.17) is 5.11 Å². The Hall–Kier alpha value is -1.56. The molecule has 0 bridgehead atoms. The minimum Gasteiger partial charge on any atom is -0.396 e. The maximum absolute atomic E-state index is 11.7. The molecule has 0 saturated heterocycles. The second-order valence-corrected chi connectivity index (χ2v) is 4.37. The molecule has 0 aliphatic carbocycles. The number of hydrogen-bond acceptors (Lipinski definition) is 3. The summed E-state index contributed by atoms with van der Waals surface area (Å²) < 4.78 is 1.61. The Morgan fingerprint density at radius 1 is 1.65 bits per heavy atom. The lowest BCUT2D eigenvalue weighted by Crippen LogP contribution is -2.48. The van der Waals surface area contributed by atoms with E-state index in [-0.39, 0.29) is 18.2 Å². The maximum atomic E-state index is 11.7. The van der Waals surface area contributed by atoms with Gasteiger partial charge in [-0.2, -0.15) is 5.10 Å². The van der Waals surface area contributed by atoms with Crippen LogP contribution in [0.1, 0.15) is 26.7 Å². The summed E-state index contributed by atoms with van der Waals surface area (Å²) >= 11 is 0. The molecule has 1 heterocycles. The van der Waals surface area contributed by atoms with Gasteiger partial charge in [0.1, 0.15) is 0 Å². The summed E-state index contributed by atoms with van der Waals surface area (Å²) in [6.07, 6.45) is 4.59. The first kappa shape index (κ1) is 13.5. The molecule has 96 valence electrons. The van der Waals surface area contributed by atoms with E-state index in [0.717, 1.165) is 6.42 Å². The largest absolute Gasteiger partial charge is 0.396 e. The predicted molar refractivity (Wildman–Crippen MR) is 65.8 cm³/mol. The van der Waals surface area contributed by atoms with Crippen LogP contribution in [0.3, 0.4) is 0 Å². The van der Waals surface area contributed by atoms with E-state index in [9.17, 15) is 4.79 Å². The van der Waals surface area contributed by atoms with Crippen molar-refractivity contribution >= 4 is 11.7 Å². The molecule has 0 aromatic carbocycles. The molecule has 0 saturated carbocycles. The van der Waals surface area contributed by atoms with Crippen molar-refractivity contribution in [2.24, 2.45) is 7.05 Å². The second kappa shape index (κ2) is 5.67. The Labute approximate surface area is 101 Å². The quantitative estimate of drug-likeness (QED) is 0.721. The van der Waals surface area contributed by atoms with Crippen LogP contribution in [0.15, 0.2) is 12.4 Å². The Bertz CT molecular complexity index is 377. The van der Waals surface area contributed by atoms with Crippen LogP contribution in [0.4, 0.5) is 10.5 Å². The summed E-state index contributed by atoms with van der Waals surface area (Å²) in [7, 11) is 1.78. The number of anilines is 1. The van der Waals surface area contributed by atoms with Crippen molar-refractivity contribution in [3.8, 4) is 0 Å². The molecule has 2 amide bonds. The molecule has 0 fully saturated rings. The number of aromatic nitrogens is 2. The minimum absolute atomic E-state index is 0.0531. The van der Waals surface area contributed by atoms with Crippen molar-refractivity contribution in [1.82, 2.24) is 15.1 Å². The van der Waals surface area contributed by atoms with Gasteiger partial charge in [0, 0.05) is 25.4 Å². The number of carbonyl (C=O) groups excluding carboxylic acids is 1. The van der Waals surface area contributed by atoms with Gasteiger partial charge in [0.15, 0.2) is 0 Å². The third-order valence-corrected chi connectivity index (χ3v) is 2.82. The number of aryl methyl sites for hydroxylation is 1. The fourth-order valence-corrected chi connectivity index (χ4v) is 1.50. The fraction of sp³-hybridized carbons (Fsp3) is 0.636. The highest BCUT2D eigenvalue weighted by Gasteiger charge is 2.23. The van der Waals surface area contributed by atoms with Crippen LogP contribution in [0, 0.1) is 0 Å². The summed E-state index contributed by atoms with van der Waals surface area (Å²) in [4.78, 5) is 11.7. The van der Waals surface area contributed by atoms with Gasteiger partial charge >= 0.3 is 6.03 Å². The van der Waals surface area contributed by atoms with Crippen LogP contribution in [0.5, 0.6) is 0 Å². The van der Waals surface area contributed by atoms with Gasteiger partial charge < -0.3 is 15.7 Å². The van der Waals surface area contributed by atoms with Gasteiger partial charge in [-0.3, -0.25) is 4.68 Å². The monoisotopic (exact) mass is 240 g/mol. The molecule has 1 atom stereocenters. The molecule has 0 aliphatic heterocycles. The molecule has 3 N–H and O–H groups in total. The number of hydrogen-bond donors (Lipinski definition) is 3. The van der Waals surface area contributed by atoms with Crippen LogP contribution in [0.2, 0.25) is 0 Å². The lowest BCUT2D eigenvalue weighted by Gasteiger charge is -2.28. The van der Waals surface area contributed by atoms with Crippen molar-refractivity contribution in [1.29, 1.82) is 0 Å². The first-order chi connectivity index (χ1) is 7.99. The molecule has 0 radical (unpaired) electrons. The third-order valence-electron chi connectivity index (χ3n) is 2.82. The predicted octanol–water partition coefficient (Wildman–Crippen LogP) is 1.09. The number of nitrogens with one attached hydrogen (secondary N) is 2. The number of amides is 2. The fourth-order valence-electron chi connectivity index (χ4n) is 1.50. The van der Waals surface area contributed by atoms with Gasteiger partial charge in [-0.25, -0.2) is 4.79 Å². The van der Waals surface area contributed by atoms with Gasteiger partial charge in [0.2, 0.25) is 0 Å². The van der Waals surface area contributed by atoms with Crippen molar-refractivity contribution in [2.45, 2.75) is 32.2 Å². The summed E-state index contributed by atoms with van der Waals surface area (Å²) in [5, 5.41) is 18.5. The topological polar surface area (TPSA) is 79.2 Å². The highest BCUT2D eigenvalue weighted by atomic mass is 16.3. The van der Waals surface area contributed by atoms with Crippen LogP contribution >= 0.6 is 0 Å². The Kier molecular flexibility index (Phi) is 4.51. The summed E-state index contributed by atoms with van der Waals surface area (Å²) in [6.45, 7) is 3.93. The summed E-state index contributed by atoms with van der Waals surface area (Å²) in [5.74, 6) is 0. The van der Waals surface area contributed by atoms with Crippen LogP contribution < -0.4 is 10.6 Å². The number of urea groups is 1. The highest BCUT2D eigenvalue weighted by molar-refractivity contribution is 5.89. The van der Waals surface area contributed by atoms with E-state index >= 15 is 0 Å². The van der Waals surface area contributed by atoms with Crippen molar-refractivity contribution in [3.05, 3.63) is 12.4 Å². The van der Waals surface area contributed by atoms with Gasteiger partial charge in [-0.1, -0.05) is 6.92 Å². The van der Waals surface area contributed by atoms with Crippen LogP contribution in [-0.4, -0.2) is 33.1 Å². The second-order valence-electron chi connectivity index (χ2n) is 4.37. The van der Waals surface area contributed by atoms with Crippen LogP contribution in [-0.2, 0) is 7.05 Å². The number of rotatable bonds is 5. The molecule has 1 unspecified atom stereocenters. The van der Waals surface area contributed by atoms with E-state index in [2.05, 4.69) is 15.7 Å². The van der Waals surface area contributed by atoms with E-state index in [0.29, 0.717) is 12.1 Å². The van der Waals surface area contributed by atoms with E-state index < -0.39 is 0 Å². The Morgan fingerprint density at radius 3 is 2.82 bits per heavy atom. The van der Waals surface area contributed by atoms with Gasteiger partial charge in [0.25, 0.3) is 0 Å². The van der Waals surface area contributed by atoms with E-state index in [1.165, 1.54) is 0 Å². The molecule has 0 aliphatic rings. The zero-order valence-corrected chi connectivity index (χ0v) is 10.5. The average Bonchev–Trinajstić information content (AvgIpc) is 2.64. The van der Waals surface area contributed by atoms with Crippen molar-refractivity contribution in [2.75, 3.05) is 11.9 Å². The van der Waals surface area contributed by atoms with E-state index in [1.807, 2.05) is 13.8 Å². The zero-order valence-electron chi connectivity index (χ0n) is 10.5. The Balaban J connectivity index is 2.53. The molecule has 1 rings (SSSR count). The number of carbonyl (C=O) groups is 1. The van der Waals surface area contributed by atoms with Crippen molar-refractivity contribution in [3.63, 3.8) is 0 Å². The molecular formula is C11H20N4O2. The maximum Gasteiger partial charge on any atom is 0.319 e. The minimum atomic E-state index is -0.388. The molecule has 0 spiro atoms. The number of aliphatic hydroxyl groups is 1. The molecule has 1 aromatic heterocycles. The first-order valence-corrected chi connectivity index (χ1v) is 5.68. The molecular weight excluding hydrogens is 220 g/mol. The van der Waals surface area contributed by atoms with Crippen LogP contribution in [0.25, 0.3) is 0 Å². The molecule has 17 heavy (non-hydrogen) atoms. The standard InChI is InChI=1S/C11H20N4O2/c1-4-11(2,5-6-16)14-10(17)13-9-7-12-15(3)8-9/h7-8,16H,4-6H2,1-3H3,(H2,13,14,17). The highest BCUT2D eigenvalue weighted by Crippen LogP contribution is 2.14. The third kappa shape index (κ3) is 4.07. The molecule has 6 nitrogen and oxygen atoms in total. The molecule has 1 aromatic rings. The van der Waals surface area contributed by atoms with Crippen molar-refractivity contribution < 1.29 is 9.90 Å². The van der Waals surface area contributed by atoms with E-state index in [1.54, 1.807) is 24.1 Å². The zero-order chi connectivity index (χ0) is 12.9. The lowest BCUT2D eigenvalue weighted by molar-refractivity contribution is 0.208. The molecule has 6 heteroatoms. The Morgan fingerprint density at radius 2 is 2.35 bits per heavy atom. The first-order valence-electron chi connectivity index (χ1n) is 5.68. The van der Waals surface area contributed by atoms with Gasteiger partial charge in [0.05, 0.1) is 11.9 Å². The summed E-state index contributed by atoms with van der Waals surface area (Å²) in [5.41, 5.74) is 0.258. The average molecular weight is 240 g/mol.